The maximum atomic E-state index is 12.9. The van der Waals surface area contributed by atoms with E-state index in [1.807, 2.05) is 85.1 Å². The van der Waals surface area contributed by atoms with Gasteiger partial charge in [0.25, 0.3) is 0 Å². The lowest BCUT2D eigenvalue weighted by atomic mass is 9.97. The number of aromatic nitrogens is 2. The molecule has 0 aliphatic carbocycles. The second-order valence-corrected chi connectivity index (χ2v) is 10.3. The highest BCUT2D eigenvalue weighted by Crippen LogP contribution is 2.40. The van der Waals surface area contributed by atoms with E-state index in [9.17, 15) is 8.42 Å². The van der Waals surface area contributed by atoms with Gasteiger partial charge in [0, 0.05) is 23.7 Å². The first-order valence-electron chi connectivity index (χ1n) is 11.4. The average Bonchev–Trinajstić information content (AvgIpc) is 3.55. The monoisotopic (exact) mass is 502 g/mol. The summed E-state index contributed by atoms with van der Waals surface area (Å²) < 4.78 is 39.4. The van der Waals surface area contributed by atoms with Crippen LogP contribution in [0, 0.1) is 0 Å². The maximum absolute atomic E-state index is 12.9. The molecule has 1 aromatic heterocycles. The number of hydrogen-bond donors (Lipinski definition) is 0. The van der Waals surface area contributed by atoms with Crippen molar-refractivity contribution in [3.05, 3.63) is 96.2 Å². The van der Waals surface area contributed by atoms with Crippen LogP contribution in [0.25, 0.3) is 16.9 Å². The highest BCUT2D eigenvalue weighted by Gasteiger charge is 2.37. The average molecular weight is 503 g/mol. The van der Waals surface area contributed by atoms with Gasteiger partial charge < -0.3 is 9.47 Å². The number of hydrazone groups is 1. The molecule has 0 N–H and O–H groups in total. The molecule has 0 amide bonds. The van der Waals surface area contributed by atoms with Crippen molar-refractivity contribution in [3.63, 3.8) is 0 Å². The standard InChI is InChI=1S/C27H26N4O4S/c1-34-22-14-12-19(13-15-22)25-17-26(31(28-25)36(3,32)33)24-18-30(21-9-5-4-6-10-21)29-27(24)20-8-7-11-23(16-20)35-2/h4-16,18,26H,17H2,1-3H3/t26-/m1/s1. The number of para-hydroxylation sites is 1. The first kappa shape index (κ1) is 23.6. The lowest BCUT2D eigenvalue weighted by Gasteiger charge is -2.21. The van der Waals surface area contributed by atoms with Crippen LogP contribution in [0.15, 0.2) is 90.2 Å². The molecule has 3 aromatic carbocycles. The maximum Gasteiger partial charge on any atom is 0.247 e. The number of benzene rings is 3. The van der Waals surface area contributed by atoms with Crippen LogP contribution in [-0.4, -0.2) is 48.8 Å². The van der Waals surface area contributed by atoms with Gasteiger partial charge in [-0.15, -0.1) is 0 Å². The molecule has 0 spiro atoms. The summed E-state index contributed by atoms with van der Waals surface area (Å²) in [5.41, 5.74) is 4.63. The van der Waals surface area contributed by atoms with Gasteiger partial charge >= 0.3 is 0 Å². The van der Waals surface area contributed by atoms with Crippen molar-refractivity contribution in [2.75, 3.05) is 20.5 Å². The van der Waals surface area contributed by atoms with E-state index >= 15 is 0 Å². The third-order valence-electron chi connectivity index (χ3n) is 6.10. The lowest BCUT2D eigenvalue weighted by molar-refractivity contribution is 0.375. The van der Waals surface area contributed by atoms with E-state index in [0.29, 0.717) is 23.6 Å². The Morgan fingerprint density at radius 1 is 0.861 bits per heavy atom. The molecule has 5 rings (SSSR count). The van der Waals surface area contributed by atoms with Gasteiger partial charge in [-0.25, -0.2) is 13.1 Å². The van der Waals surface area contributed by atoms with E-state index < -0.39 is 16.1 Å². The summed E-state index contributed by atoms with van der Waals surface area (Å²) in [7, 11) is -0.445. The molecule has 184 valence electrons. The van der Waals surface area contributed by atoms with E-state index in [-0.39, 0.29) is 0 Å². The summed E-state index contributed by atoms with van der Waals surface area (Å²) in [6.07, 6.45) is 3.46. The molecule has 2 heterocycles. The Labute approximate surface area is 210 Å². The minimum absolute atomic E-state index is 0.400. The fraction of sp³-hybridized carbons (Fsp3) is 0.185. The fourth-order valence-electron chi connectivity index (χ4n) is 4.32. The Balaban J connectivity index is 1.63. The Morgan fingerprint density at radius 3 is 2.25 bits per heavy atom. The molecule has 36 heavy (non-hydrogen) atoms. The molecule has 4 aromatic rings. The van der Waals surface area contributed by atoms with Crippen LogP contribution in [0.1, 0.15) is 23.6 Å². The molecule has 8 nitrogen and oxygen atoms in total. The van der Waals surface area contributed by atoms with Gasteiger partial charge in [-0.3, -0.25) is 0 Å². The first-order valence-corrected chi connectivity index (χ1v) is 13.2. The molecule has 1 aliphatic rings. The zero-order chi connectivity index (χ0) is 25.3. The van der Waals surface area contributed by atoms with E-state index in [0.717, 1.165) is 28.1 Å². The number of sulfonamides is 1. The normalized spacial score (nSPS) is 15.6. The first-order chi connectivity index (χ1) is 17.4. The second kappa shape index (κ2) is 9.50. The molecular formula is C27H26N4O4S. The number of hydrogen-bond acceptors (Lipinski definition) is 6. The summed E-state index contributed by atoms with van der Waals surface area (Å²) in [5, 5.41) is 9.43. The number of nitrogens with zero attached hydrogens (tertiary/aromatic N) is 4. The van der Waals surface area contributed by atoms with Crippen LogP contribution in [-0.2, 0) is 10.0 Å². The molecule has 0 saturated carbocycles. The van der Waals surface area contributed by atoms with E-state index in [4.69, 9.17) is 14.6 Å². The quantitative estimate of drug-likeness (QED) is 0.367. The van der Waals surface area contributed by atoms with Gasteiger partial charge in [-0.05, 0) is 54.1 Å². The predicted octanol–water partition coefficient (Wildman–Crippen LogP) is 4.67. The van der Waals surface area contributed by atoms with Crippen molar-refractivity contribution in [2.45, 2.75) is 12.5 Å². The summed E-state index contributed by atoms with van der Waals surface area (Å²) in [4.78, 5) is 0. The van der Waals surface area contributed by atoms with Crippen molar-refractivity contribution in [2.24, 2.45) is 5.10 Å². The number of rotatable bonds is 7. The van der Waals surface area contributed by atoms with Crippen LogP contribution < -0.4 is 9.47 Å². The largest absolute Gasteiger partial charge is 0.497 e. The number of ether oxygens (including phenoxy) is 2. The Hall–Kier alpha value is -4.11. The van der Waals surface area contributed by atoms with Crippen LogP contribution in [0.4, 0.5) is 0 Å². The Kier molecular flexibility index (Phi) is 6.24. The van der Waals surface area contributed by atoms with Gasteiger partial charge in [0.2, 0.25) is 10.0 Å². The van der Waals surface area contributed by atoms with Crippen molar-refractivity contribution in [1.29, 1.82) is 0 Å². The number of methoxy groups -OCH3 is 2. The third-order valence-corrected chi connectivity index (χ3v) is 7.12. The SMILES string of the molecule is COc1ccc(C2=NN(S(C)(=O)=O)[C@@H](c3cn(-c4ccccc4)nc3-c3cccc(OC)c3)C2)cc1. The molecule has 1 atom stereocenters. The van der Waals surface area contributed by atoms with E-state index in [1.54, 1.807) is 18.9 Å². The van der Waals surface area contributed by atoms with Crippen molar-refractivity contribution in [1.82, 2.24) is 14.2 Å². The highest BCUT2D eigenvalue weighted by atomic mass is 32.2. The van der Waals surface area contributed by atoms with Gasteiger partial charge in [0.15, 0.2) is 0 Å². The molecular weight excluding hydrogens is 476 g/mol. The molecule has 0 bridgehead atoms. The summed E-state index contributed by atoms with van der Waals surface area (Å²) >= 11 is 0. The fourth-order valence-corrected chi connectivity index (χ4v) is 5.22. The van der Waals surface area contributed by atoms with E-state index in [1.165, 1.54) is 10.7 Å². The van der Waals surface area contributed by atoms with Gasteiger partial charge in [-0.1, -0.05) is 30.3 Å². The molecule has 0 radical (unpaired) electrons. The zero-order valence-corrected chi connectivity index (χ0v) is 21.0. The zero-order valence-electron chi connectivity index (χ0n) is 20.2. The Bertz CT molecular complexity index is 1510. The van der Waals surface area contributed by atoms with Crippen molar-refractivity contribution in [3.8, 4) is 28.4 Å². The minimum atomic E-state index is -3.66. The lowest BCUT2D eigenvalue weighted by Crippen LogP contribution is -2.26. The second-order valence-electron chi connectivity index (χ2n) is 8.48. The van der Waals surface area contributed by atoms with Crippen LogP contribution in [0.2, 0.25) is 0 Å². The van der Waals surface area contributed by atoms with Gasteiger partial charge in [0.05, 0.1) is 43.6 Å². The third kappa shape index (κ3) is 4.57. The highest BCUT2D eigenvalue weighted by molar-refractivity contribution is 7.88. The van der Waals surface area contributed by atoms with Crippen LogP contribution in [0.3, 0.4) is 0 Å². The smallest absolute Gasteiger partial charge is 0.247 e. The van der Waals surface area contributed by atoms with Gasteiger partial charge in [-0.2, -0.15) is 14.6 Å². The van der Waals surface area contributed by atoms with Crippen LogP contribution in [0.5, 0.6) is 11.5 Å². The topological polar surface area (TPSA) is 86.0 Å². The summed E-state index contributed by atoms with van der Waals surface area (Å²) in [6, 6.07) is 24.2. The molecule has 9 heteroatoms. The van der Waals surface area contributed by atoms with Crippen molar-refractivity contribution < 1.29 is 17.9 Å². The molecule has 0 saturated heterocycles. The van der Waals surface area contributed by atoms with Gasteiger partial charge in [0.1, 0.15) is 11.5 Å². The molecule has 0 unspecified atom stereocenters. The van der Waals surface area contributed by atoms with E-state index in [2.05, 4.69) is 5.10 Å². The van der Waals surface area contributed by atoms with Crippen molar-refractivity contribution >= 4 is 15.7 Å². The predicted molar refractivity (Wildman–Crippen MR) is 139 cm³/mol. The summed E-state index contributed by atoms with van der Waals surface area (Å²) in [6.45, 7) is 0. The minimum Gasteiger partial charge on any atom is -0.497 e. The Morgan fingerprint density at radius 2 is 1.58 bits per heavy atom. The summed E-state index contributed by atoms with van der Waals surface area (Å²) in [5.74, 6) is 1.41. The molecule has 0 fully saturated rings. The molecule has 1 aliphatic heterocycles. The van der Waals surface area contributed by atoms with Crippen LogP contribution >= 0.6 is 0 Å².